The second-order valence-electron chi connectivity index (χ2n) is 5.92. The number of alkyl halides is 3. The van der Waals surface area contributed by atoms with Crippen LogP contribution in [0.4, 0.5) is 18.0 Å². The van der Waals surface area contributed by atoms with E-state index in [0.717, 1.165) is 11.0 Å². The summed E-state index contributed by atoms with van der Waals surface area (Å²) < 4.78 is 42.3. The van der Waals surface area contributed by atoms with Gasteiger partial charge in [0, 0.05) is 25.7 Å². The third-order valence-corrected chi connectivity index (χ3v) is 4.46. The van der Waals surface area contributed by atoms with Crippen molar-refractivity contribution in [3.8, 4) is 0 Å². The van der Waals surface area contributed by atoms with E-state index >= 15 is 0 Å². The lowest BCUT2D eigenvalue weighted by atomic mass is 10.1. The van der Waals surface area contributed by atoms with Crippen molar-refractivity contribution in [2.24, 2.45) is 7.05 Å². The molecular weight excluding hydrogens is 339 g/mol. The van der Waals surface area contributed by atoms with Gasteiger partial charge in [0.2, 0.25) is 0 Å². The predicted octanol–water partition coefficient (Wildman–Crippen LogP) is 2.29. The van der Waals surface area contributed by atoms with E-state index in [9.17, 15) is 22.8 Å². The lowest BCUT2D eigenvalue weighted by Crippen LogP contribution is -2.36. The van der Waals surface area contributed by atoms with Gasteiger partial charge in [-0.3, -0.25) is 14.2 Å². The molecule has 0 unspecified atom stereocenters. The summed E-state index contributed by atoms with van der Waals surface area (Å²) in [7, 11) is 1.47. The molecule has 134 valence electrons. The molecule has 25 heavy (non-hydrogen) atoms. The standard InChI is InChI=1S/C16H16F3N3O3/c1-20-14(23)11-9-21(15(24)25)7-6-13(11)22(20)8-10-4-2-3-5-12(10)16(17,18)19/h2-5H,6-9H2,1H3,(H,24,25). The summed E-state index contributed by atoms with van der Waals surface area (Å²) in [5.74, 6) is 0. The first-order valence-corrected chi connectivity index (χ1v) is 7.60. The highest BCUT2D eigenvalue weighted by Crippen LogP contribution is 2.32. The molecule has 0 saturated heterocycles. The molecule has 1 aromatic heterocycles. The molecule has 0 aliphatic carbocycles. The van der Waals surface area contributed by atoms with Gasteiger partial charge in [0.1, 0.15) is 0 Å². The molecule has 0 fully saturated rings. The number of halogens is 3. The summed E-state index contributed by atoms with van der Waals surface area (Å²) >= 11 is 0. The smallest absolute Gasteiger partial charge is 0.416 e. The summed E-state index contributed by atoms with van der Waals surface area (Å²) in [6.07, 6.45) is -5.32. The molecule has 1 aromatic carbocycles. The topological polar surface area (TPSA) is 67.5 Å². The fourth-order valence-corrected chi connectivity index (χ4v) is 3.18. The van der Waals surface area contributed by atoms with E-state index in [-0.39, 0.29) is 37.2 Å². The van der Waals surface area contributed by atoms with Crippen LogP contribution in [-0.2, 0) is 32.7 Å². The number of carboxylic acid groups (broad SMARTS) is 1. The van der Waals surface area contributed by atoms with Crippen molar-refractivity contribution in [3.63, 3.8) is 0 Å². The second kappa shape index (κ2) is 5.98. The molecule has 2 heterocycles. The van der Waals surface area contributed by atoms with E-state index in [1.165, 1.54) is 34.6 Å². The summed E-state index contributed by atoms with van der Waals surface area (Å²) in [5.41, 5.74) is -0.162. The number of aromatic nitrogens is 2. The number of hydrogen-bond donors (Lipinski definition) is 1. The third kappa shape index (κ3) is 3.01. The Morgan fingerprint density at radius 3 is 2.60 bits per heavy atom. The maximum Gasteiger partial charge on any atom is 0.416 e. The monoisotopic (exact) mass is 355 g/mol. The van der Waals surface area contributed by atoms with Gasteiger partial charge in [0.05, 0.1) is 24.2 Å². The molecule has 0 radical (unpaired) electrons. The van der Waals surface area contributed by atoms with Crippen LogP contribution in [0, 0.1) is 0 Å². The van der Waals surface area contributed by atoms with Gasteiger partial charge >= 0.3 is 12.3 Å². The lowest BCUT2D eigenvalue weighted by molar-refractivity contribution is -0.138. The number of fused-ring (bicyclic) bond motifs is 1. The zero-order chi connectivity index (χ0) is 18.4. The van der Waals surface area contributed by atoms with Crippen LogP contribution in [0.1, 0.15) is 22.4 Å². The number of rotatable bonds is 2. The lowest BCUT2D eigenvalue weighted by Gasteiger charge is -2.25. The zero-order valence-electron chi connectivity index (χ0n) is 13.4. The Hall–Kier alpha value is -2.71. The summed E-state index contributed by atoms with van der Waals surface area (Å²) in [6.45, 7) is 0.0434. The van der Waals surface area contributed by atoms with Gasteiger partial charge in [-0.1, -0.05) is 18.2 Å². The van der Waals surface area contributed by atoms with Gasteiger partial charge in [0.15, 0.2) is 0 Å². The van der Waals surface area contributed by atoms with Crippen LogP contribution in [0.25, 0.3) is 0 Å². The molecule has 9 heteroatoms. The van der Waals surface area contributed by atoms with E-state index < -0.39 is 17.8 Å². The average Bonchev–Trinajstić information content (AvgIpc) is 2.79. The van der Waals surface area contributed by atoms with Gasteiger partial charge in [-0.2, -0.15) is 13.2 Å². The molecule has 2 aromatic rings. The highest BCUT2D eigenvalue weighted by atomic mass is 19.4. The van der Waals surface area contributed by atoms with Crippen LogP contribution in [-0.4, -0.2) is 32.0 Å². The second-order valence-corrected chi connectivity index (χ2v) is 5.92. The number of benzene rings is 1. The van der Waals surface area contributed by atoms with Crippen LogP contribution in [0.5, 0.6) is 0 Å². The first kappa shape index (κ1) is 17.1. The van der Waals surface area contributed by atoms with Crippen molar-refractivity contribution >= 4 is 6.09 Å². The average molecular weight is 355 g/mol. The van der Waals surface area contributed by atoms with E-state index in [1.807, 2.05) is 0 Å². The minimum absolute atomic E-state index is 0.0503. The molecule has 1 aliphatic rings. The molecule has 0 saturated carbocycles. The third-order valence-electron chi connectivity index (χ3n) is 4.46. The molecule has 1 N–H and O–H groups in total. The number of carbonyl (C=O) groups is 1. The number of nitrogens with zero attached hydrogens (tertiary/aromatic N) is 3. The van der Waals surface area contributed by atoms with Crippen LogP contribution >= 0.6 is 0 Å². The Morgan fingerprint density at radius 1 is 1.28 bits per heavy atom. The van der Waals surface area contributed by atoms with E-state index in [2.05, 4.69) is 0 Å². The van der Waals surface area contributed by atoms with Gasteiger partial charge in [-0.05, 0) is 11.6 Å². The largest absolute Gasteiger partial charge is 0.465 e. The Labute approximate surface area is 140 Å². The highest BCUT2D eigenvalue weighted by Gasteiger charge is 2.34. The van der Waals surface area contributed by atoms with Crippen molar-refractivity contribution in [2.75, 3.05) is 6.54 Å². The van der Waals surface area contributed by atoms with Gasteiger partial charge in [-0.25, -0.2) is 4.79 Å². The number of amides is 1. The summed E-state index contributed by atoms with van der Waals surface area (Å²) in [6, 6.07) is 5.23. The molecule has 0 bridgehead atoms. The van der Waals surface area contributed by atoms with Crippen molar-refractivity contribution < 1.29 is 23.1 Å². The fourth-order valence-electron chi connectivity index (χ4n) is 3.18. The van der Waals surface area contributed by atoms with E-state index in [1.54, 1.807) is 0 Å². The summed E-state index contributed by atoms with van der Waals surface area (Å²) in [4.78, 5) is 24.6. The van der Waals surface area contributed by atoms with Crippen LogP contribution < -0.4 is 5.56 Å². The van der Waals surface area contributed by atoms with Crippen molar-refractivity contribution in [3.05, 3.63) is 57.0 Å². The van der Waals surface area contributed by atoms with Crippen LogP contribution in [0.15, 0.2) is 29.1 Å². The predicted molar refractivity (Wildman–Crippen MR) is 82.4 cm³/mol. The number of hydrogen-bond acceptors (Lipinski definition) is 2. The molecule has 3 rings (SSSR count). The molecular formula is C16H16F3N3O3. The Kier molecular flexibility index (Phi) is 4.09. The highest BCUT2D eigenvalue weighted by molar-refractivity contribution is 5.65. The Balaban J connectivity index is 2.03. The van der Waals surface area contributed by atoms with Crippen molar-refractivity contribution in [1.29, 1.82) is 0 Å². The van der Waals surface area contributed by atoms with Gasteiger partial charge in [-0.15, -0.1) is 0 Å². The summed E-state index contributed by atoms with van der Waals surface area (Å²) in [5, 5.41) is 9.08. The molecule has 6 nitrogen and oxygen atoms in total. The zero-order valence-corrected chi connectivity index (χ0v) is 13.4. The maximum atomic E-state index is 13.2. The maximum absolute atomic E-state index is 13.2. The quantitative estimate of drug-likeness (QED) is 0.899. The molecule has 0 spiro atoms. The van der Waals surface area contributed by atoms with Gasteiger partial charge in [0.25, 0.3) is 5.56 Å². The van der Waals surface area contributed by atoms with Crippen molar-refractivity contribution in [2.45, 2.75) is 25.7 Å². The van der Waals surface area contributed by atoms with Crippen LogP contribution in [0.2, 0.25) is 0 Å². The molecule has 1 amide bonds. The van der Waals surface area contributed by atoms with E-state index in [4.69, 9.17) is 5.11 Å². The minimum Gasteiger partial charge on any atom is -0.465 e. The van der Waals surface area contributed by atoms with Gasteiger partial charge < -0.3 is 10.0 Å². The normalized spacial score (nSPS) is 14.5. The molecule has 1 aliphatic heterocycles. The molecule has 0 atom stereocenters. The minimum atomic E-state index is -4.48. The fraction of sp³-hybridized carbons (Fsp3) is 0.375. The SMILES string of the molecule is Cn1c(=O)c2c(n1Cc1ccccc1C(F)(F)F)CCN(C(=O)O)C2. The van der Waals surface area contributed by atoms with Crippen LogP contribution in [0.3, 0.4) is 0 Å². The van der Waals surface area contributed by atoms with E-state index in [0.29, 0.717) is 11.3 Å². The first-order chi connectivity index (χ1) is 11.7. The Morgan fingerprint density at radius 2 is 1.96 bits per heavy atom. The van der Waals surface area contributed by atoms with Crippen molar-refractivity contribution in [1.82, 2.24) is 14.3 Å². The first-order valence-electron chi connectivity index (χ1n) is 7.60. The Bertz CT molecular complexity index is 883.